The molecule has 152 valence electrons. The van der Waals surface area contributed by atoms with E-state index in [1.165, 1.54) is 17.1 Å². The number of imidazole rings is 1. The van der Waals surface area contributed by atoms with E-state index in [-0.39, 0.29) is 22.9 Å². The first-order chi connectivity index (χ1) is 14.0. The molecule has 1 aliphatic heterocycles. The molecule has 3 heterocycles. The van der Waals surface area contributed by atoms with Crippen LogP contribution in [0.25, 0.3) is 11.2 Å². The number of ether oxygens (including phenoxy) is 1. The Hall–Kier alpha value is -2.83. The minimum absolute atomic E-state index is 0.124. The maximum absolute atomic E-state index is 10.4. The van der Waals surface area contributed by atoms with Crippen molar-refractivity contribution in [1.82, 2.24) is 19.5 Å². The molecular formula is C17H18ClN7O4. The Bertz CT molecular complexity index is 1060. The molecular weight excluding hydrogens is 402 g/mol. The van der Waals surface area contributed by atoms with Gasteiger partial charge in [-0.05, 0) is 6.07 Å². The highest BCUT2D eigenvalue weighted by molar-refractivity contribution is 6.33. The molecule has 2 aromatic heterocycles. The van der Waals surface area contributed by atoms with E-state index < -0.39 is 31.1 Å². The van der Waals surface area contributed by atoms with Gasteiger partial charge in [-0.2, -0.15) is 5.10 Å². The zero-order chi connectivity index (χ0) is 20.5. The van der Waals surface area contributed by atoms with Gasteiger partial charge >= 0.3 is 0 Å². The van der Waals surface area contributed by atoms with Crippen LogP contribution in [0.1, 0.15) is 11.8 Å². The Balaban J connectivity index is 1.73. The Kier molecular flexibility index (Phi) is 5.30. The van der Waals surface area contributed by atoms with Crippen molar-refractivity contribution in [3.63, 3.8) is 0 Å². The van der Waals surface area contributed by atoms with E-state index in [4.69, 9.17) is 22.1 Å². The number of nitrogens with zero attached hydrogens (tertiary/aromatic N) is 5. The summed E-state index contributed by atoms with van der Waals surface area (Å²) in [5.74, 6) is 0.268. The summed E-state index contributed by atoms with van der Waals surface area (Å²) >= 11 is 6.11. The summed E-state index contributed by atoms with van der Waals surface area (Å²) in [6, 6.07) is 7.13. The second-order valence-electron chi connectivity index (χ2n) is 6.36. The van der Waals surface area contributed by atoms with Crippen LogP contribution in [0.3, 0.4) is 0 Å². The maximum atomic E-state index is 10.4. The number of fused-ring (bicyclic) bond motifs is 1. The van der Waals surface area contributed by atoms with Crippen LogP contribution in [0.4, 0.5) is 11.8 Å². The molecule has 6 N–H and O–H groups in total. The number of anilines is 2. The van der Waals surface area contributed by atoms with Gasteiger partial charge in [-0.25, -0.2) is 20.4 Å². The van der Waals surface area contributed by atoms with Gasteiger partial charge in [0.05, 0.1) is 12.8 Å². The van der Waals surface area contributed by atoms with Gasteiger partial charge in [-0.15, -0.1) is 0 Å². The number of nitrogens with two attached hydrogens (primary N) is 1. The molecule has 4 rings (SSSR count). The van der Waals surface area contributed by atoms with Gasteiger partial charge in [0.15, 0.2) is 23.2 Å². The van der Waals surface area contributed by atoms with Crippen molar-refractivity contribution in [3.8, 4) is 0 Å². The number of nitrogens with one attached hydrogen (secondary N) is 1. The molecule has 0 amide bonds. The van der Waals surface area contributed by atoms with Gasteiger partial charge in [0, 0.05) is 10.6 Å². The molecule has 3 aromatic rings. The maximum Gasteiger partial charge on any atom is 0.228 e. The lowest BCUT2D eigenvalue weighted by atomic mass is 10.1. The van der Waals surface area contributed by atoms with E-state index in [0.717, 1.165) is 0 Å². The predicted molar refractivity (Wildman–Crippen MR) is 105 cm³/mol. The summed E-state index contributed by atoms with van der Waals surface area (Å²) in [5.41, 5.74) is 9.85. The molecule has 4 atom stereocenters. The first-order valence-electron chi connectivity index (χ1n) is 8.65. The Morgan fingerprint density at radius 3 is 2.79 bits per heavy atom. The standard InChI is InChI=1S/C17H18ClN7O4/c18-9-4-2-1-3-8(9)5-22-24-17-23-11-14(19)20-7-21-15(11)25(17)16-13(28)12(27)10(6-26)29-16/h1-5,7,10,12-13,16,26-28H,6H2,(H,23,24)(H2,19,20,21)/b22-5-/t10-,12+,13+,16+/m0/s1. The molecule has 1 aliphatic rings. The first-order valence-corrected chi connectivity index (χ1v) is 9.03. The van der Waals surface area contributed by atoms with E-state index in [2.05, 4.69) is 25.5 Å². The Morgan fingerprint density at radius 2 is 2.07 bits per heavy atom. The molecule has 1 saturated heterocycles. The van der Waals surface area contributed by atoms with Crippen LogP contribution in [0, 0.1) is 0 Å². The van der Waals surface area contributed by atoms with Crippen LogP contribution in [0.15, 0.2) is 35.7 Å². The number of aliphatic hydroxyl groups is 3. The zero-order valence-corrected chi connectivity index (χ0v) is 15.7. The summed E-state index contributed by atoms with van der Waals surface area (Å²) in [4.78, 5) is 12.4. The van der Waals surface area contributed by atoms with Crippen molar-refractivity contribution < 1.29 is 20.1 Å². The SMILES string of the molecule is Nc1ncnc2c1nc(N/N=C\c1ccccc1Cl)n2[C@@H]1O[C@@H](CO)[C@@H](O)[C@H]1O. The molecule has 1 fully saturated rings. The summed E-state index contributed by atoms with van der Waals surface area (Å²) in [6.45, 7) is -0.466. The van der Waals surface area contributed by atoms with Crippen molar-refractivity contribution >= 4 is 40.7 Å². The number of aromatic nitrogens is 4. The van der Waals surface area contributed by atoms with Crippen molar-refractivity contribution in [2.24, 2.45) is 5.10 Å². The predicted octanol–water partition coefficient (Wildman–Crippen LogP) is 0.119. The van der Waals surface area contributed by atoms with Crippen molar-refractivity contribution in [1.29, 1.82) is 0 Å². The number of halogens is 1. The fourth-order valence-electron chi connectivity index (χ4n) is 3.08. The third-order valence-corrected chi connectivity index (χ3v) is 4.89. The first kappa shape index (κ1) is 19.5. The number of benzene rings is 1. The van der Waals surface area contributed by atoms with E-state index in [1.54, 1.807) is 18.2 Å². The van der Waals surface area contributed by atoms with Crippen molar-refractivity contribution in [2.45, 2.75) is 24.5 Å². The van der Waals surface area contributed by atoms with E-state index in [9.17, 15) is 15.3 Å². The zero-order valence-electron chi connectivity index (χ0n) is 14.9. The molecule has 0 saturated carbocycles. The fraction of sp³-hybridized carbons (Fsp3) is 0.294. The summed E-state index contributed by atoms with van der Waals surface area (Å²) in [5, 5.41) is 34.6. The molecule has 29 heavy (non-hydrogen) atoms. The van der Waals surface area contributed by atoms with Gasteiger partial charge in [0.1, 0.15) is 24.6 Å². The Labute approximate surface area is 169 Å². The van der Waals surface area contributed by atoms with Crippen LogP contribution >= 0.6 is 11.6 Å². The quantitative estimate of drug-likeness (QED) is 0.285. The average molecular weight is 420 g/mol. The van der Waals surface area contributed by atoms with E-state index in [0.29, 0.717) is 10.6 Å². The van der Waals surface area contributed by atoms with Crippen LogP contribution in [0.2, 0.25) is 5.02 Å². The molecule has 0 aliphatic carbocycles. The molecule has 12 heteroatoms. The second-order valence-corrected chi connectivity index (χ2v) is 6.76. The third kappa shape index (κ3) is 3.50. The Morgan fingerprint density at radius 1 is 1.28 bits per heavy atom. The lowest BCUT2D eigenvalue weighted by molar-refractivity contribution is -0.0501. The van der Waals surface area contributed by atoms with Crippen LogP contribution in [-0.2, 0) is 4.74 Å². The highest BCUT2D eigenvalue weighted by atomic mass is 35.5. The molecule has 0 bridgehead atoms. The van der Waals surface area contributed by atoms with Crippen molar-refractivity contribution in [2.75, 3.05) is 17.8 Å². The summed E-state index contributed by atoms with van der Waals surface area (Å²) in [6.07, 6.45) is -1.94. The number of rotatable bonds is 5. The van der Waals surface area contributed by atoms with Gasteiger partial charge < -0.3 is 25.8 Å². The summed E-state index contributed by atoms with van der Waals surface area (Å²) < 4.78 is 7.01. The molecule has 0 radical (unpaired) electrons. The average Bonchev–Trinajstić information content (AvgIpc) is 3.22. The fourth-order valence-corrected chi connectivity index (χ4v) is 3.26. The largest absolute Gasteiger partial charge is 0.394 e. The highest BCUT2D eigenvalue weighted by Gasteiger charge is 2.45. The monoisotopic (exact) mass is 419 g/mol. The minimum atomic E-state index is -1.34. The number of nitrogen functional groups attached to an aromatic ring is 1. The summed E-state index contributed by atoms with van der Waals surface area (Å²) in [7, 11) is 0. The normalized spacial score (nSPS) is 24.6. The lowest BCUT2D eigenvalue weighted by Gasteiger charge is -2.18. The number of hydrogen-bond donors (Lipinski definition) is 5. The van der Waals surface area contributed by atoms with Gasteiger partial charge in [-0.1, -0.05) is 29.8 Å². The number of hydrogen-bond acceptors (Lipinski definition) is 10. The van der Waals surface area contributed by atoms with Crippen LogP contribution in [0.5, 0.6) is 0 Å². The van der Waals surface area contributed by atoms with E-state index in [1.807, 2.05) is 6.07 Å². The highest BCUT2D eigenvalue weighted by Crippen LogP contribution is 2.35. The van der Waals surface area contributed by atoms with Gasteiger partial charge in [-0.3, -0.25) is 4.57 Å². The second kappa shape index (κ2) is 7.89. The minimum Gasteiger partial charge on any atom is -0.394 e. The van der Waals surface area contributed by atoms with Crippen LogP contribution in [-0.4, -0.2) is 66.0 Å². The van der Waals surface area contributed by atoms with E-state index >= 15 is 0 Å². The van der Waals surface area contributed by atoms with Gasteiger partial charge in [0.25, 0.3) is 0 Å². The molecule has 1 aromatic carbocycles. The van der Waals surface area contributed by atoms with Crippen LogP contribution < -0.4 is 11.2 Å². The number of hydrazone groups is 1. The topological polar surface area (TPSA) is 164 Å². The molecule has 0 spiro atoms. The number of aliphatic hydroxyl groups excluding tert-OH is 3. The lowest BCUT2D eigenvalue weighted by Crippen LogP contribution is -2.33. The van der Waals surface area contributed by atoms with Crippen molar-refractivity contribution in [3.05, 3.63) is 41.2 Å². The third-order valence-electron chi connectivity index (χ3n) is 4.55. The van der Waals surface area contributed by atoms with Gasteiger partial charge in [0.2, 0.25) is 5.95 Å². The smallest absolute Gasteiger partial charge is 0.228 e. The molecule has 11 nitrogen and oxygen atoms in total. The molecule has 0 unspecified atom stereocenters.